The summed E-state index contributed by atoms with van der Waals surface area (Å²) in [4.78, 5) is 19.5. The molecule has 0 saturated heterocycles. The molecule has 0 bridgehead atoms. The average Bonchev–Trinajstić information content (AvgIpc) is 2.69. The van der Waals surface area contributed by atoms with Gasteiger partial charge >= 0.3 is 0 Å². The van der Waals surface area contributed by atoms with E-state index in [0.717, 1.165) is 41.7 Å². The zero-order valence-electron chi connectivity index (χ0n) is 16.2. The monoisotopic (exact) mass is 382 g/mol. The molecule has 0 fully saturated rings. The highest BCUT2D eigenvalue weighted by molar-refractivity contribution is 5.86. The summed E-state index contributed by atoms with van der Waals surface area (Å²) >= 11 is 0. The third kappa shape index (κ3) is 4.67. The van der Waals surface area contributed by atoms with Crippen molar-refractivity contribution in [1.29, 1.82) is 0 Å². The van der Waals surface area contributed by atoms with Crippen molar-refractivity contribution in [2.45, 2.75) is 27.2 Å². The summed E-state index contributed by atoms with van der Waals surface area (Å²) in [7, 11) is 0. The van der Waals surface area contributed by atoms with Crippen LogP contribution in [0.15, 0.2) is 60.7 Å². The van der Waals surface area contributed by atoms with Gasteiger partial charge < -0.3 is 4.90 Å². The highest BCUT2D eigenvalue weighted by Crippen LogP contribution is 2.27. The molecule has 1 aromatic heterocycles. The summed E-state index contributed by atoms with van der Waals surface area (Å²) in [6, 6.07) is 20.5. The Bertz CT molecular complexity index is 891. The summed E-state index contributed by atoms with van der Waals surface area (Å²) in [6.45, 7) is 7.60. The van der Waals surface area contributed by atoms with Crippen molar-refractivity contribution in [1.82, 2.24) is 9.88 Å². The number of benzene rings is 2. The Balaban J connectivity index is 0.00000261. The Morgan fingerprint density at radius 2 is 1.63 bits per heavy atom. The Morgan fingerprint density at radius 3 is 2.30 bits per heavy atom. The second kappa shape index (κ2) is 9.52. The summed E-state index contributed by atoms with van der Waals surface area (Å²) in [5.41, 5.74) is 4.22. The van der Waals surface area contributed by atoms with Gasteiger partial charge in [-0.1, -0.05) is 55.5 Å². The number of carbonyl (C=O) groups is 1. The van der Waals surface area contributed by atoms with E-state index in [4.69, 9.17) is 4.98 Å². The first kappa shape index (κ1) is 20.9. The molecule has 3 aromatic rings. The van der Waals surface area contributed by atoms with E-state index in [1.54, 1.807) is 0 Å². The number of hydrogen-bond donors (Lipinski definition) is 0. The molecule has 0 spiro atoms. The van der Waals surface area contributed by atoms with Crippen molar-refractivity contribution >= 4 is 29.2 Å². The lowest BCUT2D eigenvalue weighted by atomic mass is 9.95. The van der Waals surface area contributed by atoms with E-state index >= 15 is 0 Å². The van der Waals surface area contributed by atoms with Crippen LogP contribution >= 0.6 is 12.4 Å². The molecule has 3 rings (SSSR count). The molecule has 3 nitrogen and oxygen atoms in total. The lowest BCUT2D eigenvalue weighted by Gasteiger charge is -2.23. The van der Waals surface area contributed by atoms with E-state index in [2.05, 4.69) is 24.3 Å². The maximum Gasteiger partial charge on any atom is 0.225 e. The minimum absolute atomic E-state index is 0. The predicted molar refractivity (Wildman–Crippen MR) is 115 cm³/mol. The third-order valence-corrected chi connectivity index (χ3v) is 4.89. The summed E-state index contributed by atoms with van der Waals surface area (Å²) in [5.74, 6) is 0.168. The fourth-order valence-electron chi connectivity index (χ4n) is 3.44. The summed E-state index contributed by atoms with van der Waals surface area (Å²) in [6.07, 6.45) is 0.720. The van der Waals surface area contributed by atoms with E-state index in [1.165, 1.54) is 5.56 Å². The van der Waals surface area contributed by atoms with Crippen LogP contribution in [0.5, 0.6) is 0 Å². The van der Waals surface area contributed by atoms with E-state index < -0.39 is 0 Å². The molecule has 142 valence electrons. The SMILES string of the molecule is CCN(CC)C(=O)C(C)Cc1cc(-c2ccccc2)nc2ccccc12.Cl. The number of fused-ring (bicyclic) bond motifs is 1. The maximum absolute atomic E-state index is 12.7. The minimum atomic E-state index is -0.0515. The molecular weight excluding hydrogens is 356 g/mol. The molecule has 0 aliphatic carbocycles. The van der Waals surface area contributed by atoms with E-state index in [1.807, 2.05) is 62.1 Å². The first-order valence-electron chi connectivity index (χ1n) is 9.36. The number of halogens is 1. The second-order valence-corrected chi connectivity index (χ2v) is 6.67. The van der Waals surface area contributed by atoms with Crippen molar-refractivity contribution in [3.05, 3.63) is 66.2 Å². The van der Waals surface area contributed by atoms with Crippen molar-refractivity contribution < 1.29 is 4.79 Å². The van der Waals surface area contributed by atoms with Gasteiger partial charge in [0.05, 0.1) is 11.2 Å². The molecule has 1 atom stereocenters. The molecule has 0 N–H and O–H groups in total. The largest absolute Gasteiger partial charge is 0.343 e. The number of hydrogen-bond acceptors (Lipinski definition) is 2. The second-order valence-electron chi connectivity index (χ2n) is 6.67. The zero-order chi connectivity index (χ0) is 18.5. The Labute approximate surface area is 167 Å². The van der Waals surface area contributed by atoms with Crippen molar-refractivity contribution in [2.24, 2.45) is 5.92 Å². The van der Waals surface area contributed by atoms with Crippen molar-refractivity contribution in [3.63, 3.8) is 0 Å². The van der Waals surface area contributed by atoms with Gasteiger partial charge in [-0.05, 0) is 38.0 Å². The van der Waals surface area contributed by atoms with Crippen molar-refractivity contribution in [3.8, 4) is 11.3 Å². The van der Waals surface area contributed by atoms with E-state index in [0.29, 0.717) is 0 Å². The highest BCUT2D eigenvalue weighted by atomic mass is 35.5. The molecule has 2 aromatic carbocycles. The lowest BCUT2D eigenvalue weighted by molar-refractivity contribution is -0.134. The van der Waals surface area contributed by atoms with Crippen LogP contribution in [0.4, 0.5) is 0 Å². The van der Waals surface area contributed by atoms with Crippen LogP contribution in [0.3, 0.4) is 0 Å². The molecule has 0 radical (unpaired) electrons. The van der Waals surface area contributed by atoms with Gasteiger partial charge in [-0.15, -0.1) is 12.4 Å². The third-order valence-electron chi connectivity index (χ3n) is 4.89. The first-order valence-corrected chi connectivity index (χ1v) is 9.36. The summed E-state index contributed by atoms with van der Waals surface area (Å²) < 4.78 is 0. The molecule has 0 saturated carbocycles. The van der Waals surface area contributed by atoms with E-state index in [9.17, 15) is 4.79 Å². The Morgan fingerprint density at radius 1 is 1.00 bits per heavy atom. The van der Waals surface area contributed by atoms with Crippen LogP contribution in [-0.4, -0.2) is 28.9 Å². The number of rotatable bonds is 6. The maximum atomic E-state index is 12.7. The van der Waals surface area contributed by atoms with Crippen LogP contribution in [-0.2, 0) is 11.2 Å². The van der Waals surface area contributed by atoms with Gasteiger partial charge in [0.25, 0.3) is 0 Å². The van der Waals surface area contributed by atoms with Crippen LogP contribution in [0.25, 0.3) is 22.2 Å². The normalized spacial score (nSPS) is 11.7. The topological polar surface area (TPSA) is 33.2 Å². The lowest BCUT2D eigenvalue weighted by Crippen LogP contribution is -2.35. The van der Waals surface area contributed by atoms with Crippen LogP contribution in [0.1, 0.15) is 26.3 Å². The Hall–Kier alpha value is -2.39. The minimum Gasteiger partial charge on any atom is -0.343 e. The van der Waals surface area contributed by atoms with Gasteiger partial charge in [0.1, 0.15) is 0 Å². The molecule has 1 unspecified atom stereocenters. The zero-order valence-corrected chi connectivity index (χ0v) is 17.0. The number of para-hydroxylation sites is 1. The van der Waals surface area contributed by atoms with Gasteiger partial charge in [-0.2, -0.15) is 0 Å². The molecule has 27 heavy (non-hydrogen) atoms. The van der Waals surface area contributed by atoms with Crippen LogP contribution < -0.4 is 0 Å². The van der Waals surface area contributed by atoms with Gasteiger partial charge in [-0.3, -0.25) is 4.79 Å². The van der Waals surface area contributed by atoms with Crippen LogP contribution in [0, 0.1) is 5.92 Å². The van der Waals surface area contributed by atoms with Gasteiger partial charge in [0.2, 0.25) is 5.91 Å². The standard InChI is InChI=1S/C23H26N2O.ClH/c1-4-25(5-2)23(26)17(3)15-19-16-22(18-11-7-6-8-12-18)24-21-14-10-9-13-20(19)21;/h6-14,16-17H,4-5,15H2,1-3H3;1H. The smallest absolute Gasteiger partial charge is 0.225 e. The summed E-state index contributed by atoms with van der Waals surface area (Å²) in [5, 5.41) is 1.13. The molecule has 0 aliphatic rings. The van der Waals surface area contributed by atoms with Gasteiger partial charge in [0.15, 0.2) is 0 Å². The molecular formula is C23H27ClN2O. The number of carbonyl (C=O) groups excluding carboxylic acids is 1. The van der Waals surface area contributed by atoms with Gasteiger partial charge in [0, 0.05) is 30.0 Å². The fourth-order valence-corrected chi connectivity index (χ4v) is 3.44. The number of amides is 1. The fraction of sp³-hybridized carbons (Fsp3) is 0.304. The number of nitrogens with zero attached hydrogens (tertiary/aromatic N) is 2. The molecule has 4 heteroatoms. The predicted octanol–water partition coefficient (Wildman–Crippen LogP) is 5.37. The van der Waals surface area contributed by atoms with Crippen LogP contribution in [0.2, 0.25) is 0 Å². The molecule has 1 heterocycles. The number of aromatic nitrogens is 1. The van der Waals surface area contributed by atoms with Gasteiger partial charge in [-0.25, -0.2) is 4.98 Å². The average molecular weight is 383 g/mol. The first-order chi connectivity index (χ1) is 12.6. The highest BCUT2D eigenvalue weighted by Gasteiger charge is 2.20. The molecule has 1 amide bonds. The molecule has 0 aliphatic heterocycles. The number of pyridine rings is 1. The van der Waals surface area contributed by atoms with E-state index in [-0.39, 0.29) is 24.2 Å². The van der Waals surface area contributed by atoms with Crippen molar-refractivity contribution in [2.75, 3.05) is 13.1 Å². The quantitative estimate of drug-likeness (QED) is 0.574. The Kier molecular flexibility index (Phi) is 7.37.